The number of nitrogens with zero attached hydrogens (tertiary/aromatic N) is 1. The van der Waals surface area contributed by atoms with Crippen LogP contribution in [0.15, 0.2) is 48.7 Å². The molecule has 1 heterocycles. The monoisotopic (exact) mass is 308 g/mol. The Bertz CT molecular complexity index is 830. The Balaban J connectivity index is 1.59. The van der Waals surface area contributed by atoms with Gasteiger partial charge in [-0.2, -0.15) is 0 Å². The van der Waals surface area contributed by atoms with Crippen LogP contribution in [0.4, 0.5) is 5.69 Å². The molecular weight excluding hydrogens is 292 g/mol. The zero-order valence-electron chi connectivity index (χ0n) is 12.3. The highest BCUT2D eigenvalue weighted by molar-refractivity contribution is 5.97. The Morgan fingerprint density at radius 2 is 1.87 bits per heavy atom. The van der Waals surface area contributed by atoms with Crippen LogP contribution in [0.1, 0.15) is 6.42 Å². The molecule has 0 unspecified atom stereocenters. The number of para-hydroxylation sites is 1. The largest absolute Gasteiger partial charge is 0.481 e. The summed E-state index contributed by atoms with van der Waals surface area (Å²) in [4.78, 5) is 28.4. The standard InChI is InChI=1S/C18H16N2O3/c21-17(15-11-5-6-12(7-11)16(15)18(22)23)20-13-8-10-3-1-2-4-14(10)19-9-13/h1-6,8-9,11-12,15-16H,7H2,(H,20,21)(H,22,23)/t11-,12+,15+,16+/m0/s1. The highest BCUT2D eigenvalue weighted by atomic mass is 16.4. The number of benzene rings is 1. The van der Waals surface area contributed by atoms with Crippen LogP contribution in [0.2, 0.25) is 0 Å². The SMILES string of the molecule is O=C(O)[C@H]1[C@H](C(=O)Nc2cnc3ccccc3c2)[C@H]2C=C[C@@H]1C2. The lowest BCUT2D eigenvalue weighted by atomic mass is 9.82. The van der Waals surface area contributed by atoms with E-state index in [1.165, 1.54) is 0 Å². The van der Waals surface area contributed by atoms with Crippen LogP contribution >= 0.6 is 0 Å². The summed E-state index contributed by atoms with van der Waals surface area (Å²) in [5, 5.41) is 13.2. The third-order valence-electron chi connectivity index (χ3n) is 4.91. The van der Waals surface area contributed by atoms with Gasteiger partial charge >= 0.3 is 5.97 Å². The van der Waals surface area contributed by atoms with Crippen LogP contribution < -0.4 is 5.32 Å². The van der Waals surface area contributed by atoms with E-state index in [-0.39, 0.29) is 17.7 Å². The number of carbonyl (C=O) groups excluding carboxylic acids is 1. The Morgan fingerprint density at radius 1 is 1.13 bits per heavy atom. The Hall–Kier alpha value is -2.69. The fourth-order valence-corrected chi connectivity index (χ4v) is 3.88. The maximum absolute atomic E-state index is 12.6. The van der Waals surface area contributed by atoms with E-state index in [1.807, 2.05) is 42.5 Å². The third kappa shape index (κ3) is 2.29. The van der Waals surface area contributed by atoms with Gasteiger partial charge in [-0.3, -0.25) is 14.6 Å². The number of aromatic nitrogens is 1. The number of carboxylic acid groups (broad SMARTS) is 1. The van der Waals surface area contributed by atoms with Crippen LogP contribution in [0.5, 0.6) is 0 Å². The molecule has 1 aromatic heterocycles. The van der Waals surface area contributed by atoms with E-state index in [2.05, 4.69) is 10.3 Å². The summed E-state index contributed by atoms with van der Waals surface area (Å²) in [5.74, 6) is -2.25. The minimum absolute atomic E-state index is 0.0227. The molecule has 23 heavy (non-hydrogen) atoms. The van der Waals surface area contributed by atoms with Crippen LogP contribution in [0, 0.1) is 23.7 Å². The molecule has 0 spiro atoms. The molecule has 0 aliphatic heterocycles. The quantitative estimate of drug-likeness (QED) is 0.854. The molecule has 5 heteroatoms. The average Bonchev–Trinajstić information content (AvgIpc) is 3.15. The minimum atomic E-state index is -0.890. The van der Waals surface area contributed by atoms with Gasteiger partial charge in [-0.15, -0.1) is 0 Å². The summed E-state index contributed by atoms with van der Waals surface area (Å²) >= 11 is 0. The van der Waals surface area contributed by atoms with Crippen molar-refractivity contribution in [1.29, 1.82) is 0 Å². The van der Waals surface area contributed by atoms with Crippen molar-refractivity contribution in [2.75, 3.05) is 5.32 Å². The molecule has 4 rings (SSSR count). The zero-order valence-corrected chi connectivity index (χ0v) is 12.3. The van der Waals surface area contributed by atoms with Gasteiger partial charge < -0.3 is 10.4 Å². The predicted molar refractivity (Wildman–Crippen MR) is 85.7 cm³/mol. The van der Waals surface area contributed by atoms with Crippen molar-refractivity contribution in [3.63, 3.8) is 0 Å². The van der Waals surface area contributed by atoms with Crippen molar-refractivity contribution in [3.8, 4) is 0 Å². The van der Waals surface area contributed by atoms with Crippen LogP contribution in [-0.4, -0.2) is 22.0 Å². The molecule has 1 fully saturated rings. The van der Waals surface area contributed by atoms with Crippen LogP contribution in [0.3, 0.4) is 0 Å². The molecule has 5 nitrogen and oxygen atoms in total. The number of carbonyl (C=O) groups is 2. The number of rotatable bonds is 3. The maximum Gasteiger partial charge on any atom is 0.307 e. The molecule has 2 aliphatic carbocycles. The van der Waals surface area contributed by atoms with Gasteiger partial charge in [-0.25, -0.2) is 0 Å². The second-order valence-corrected chi connectivity index (χ2v) is 6.24. The van der Waals surface area contributed by atoms with Gasteiger partial charge in [0.15, 0.2) is 0 Å². The smallest absolute Gasteiger partial charge is 0.307 e. The van der Waals surface area contributed by atoms with Crippen molar-refractivity contribution in [2.24, 2.45) is 23.7 Å². The molecule has 116 valence electrons. The number of aliphatic carboxylic acids is 1. The van der Waals surface area contributed by atoms with Crippen LogP contribution in [-0.2, 0) is 9.59 Å². The molecule has 1 aromatic carbocycles. The highest BCUT2D eigenvalue weighted by Crippen LogP contribution is 2.48. The molecule has 0 saturated heterocycles. The van der Waals surface area contributed by atoms with E-state index in [1.54, 1.807) is 6.20 Å². The van der Waals surface area contributed by atoms with Crippen molar-refractivity contribution in [2.45, 2.75) is 6.42 Å². The summed E-state index contributed by atoms with van der Waals surface area (Å²) < 4.78 is 0. The zero-order chi connectivity index (χ0) is 16.0. The van der Waals surface area contributed by atoms with E-state index in [0.717, 1.165) is 17.3 Å². The fourth-order valence-electron chi connectivity index (χ4n) is 3.88. The fraction of sp³-hybridized carbons (Fsp3) is 0.278. The predicted octanol–water partition coefficient (Wildman–Crippen LogP) is 2.70. The molecule has 2 N–H and O–H groups in total. The normalized spacial score (nSPS) is 28.2. The maximum atomic E-state index is 12.6. The lowest BCUT2D eigenvalue weighted by molar-refractivity contribution is -0.146. The molecule has 0 radical (unpaired) electrons. The number of amides is 1. The van der Waals surface area contributed by atoms with E-state index >= 15 is 0 Å². The van der Waals surface area contributed by atoms with Gasteiger partial charge in [0.2, 0.25) is 5.91 Å². The Kier molecular flexibility index (Phi) is 3.15. The van der Waals surface area contributed by atoms with E-state index in [0.29, 0.717) is 5.69 Å². The van der Waals surface area contributed by atoms with Gasteiger partial charge in [0.1, 0.15) is 0 Å². The summed E-state index contributed by atoms with van der Waals surface area (Å²) in [7, 11) is 0. The first-order valence-corrected chi connectivity index (χ1v) is 7.70. The molecule has 4 atom stereocenters. The van der Waals surface area contributed by atoms with Gasteiger partial charge in [0, 0.05) is 5.39 Å². The summed E-state index contributed by atoms with van der Waals surface area (Å²) in [6.07, 6.45) is 6.28. The first-order chi connectivity index (χ1) is 11.1. The topological polar surface area (TPSA) is 79.3 Å². The first kappa shape index (κ1) is 13.9. The van der Waals surface area contributed by atoms with Gasteiger partial charge in [-0.1, -0.05) is 30.4 Å². The van der Waals surface area contributed by atoms with E-state index in [4.69, 9.17) is 0 Å². The first-order valence-electron chi connectivity index (χ1n) is 7.70. The summed E-state index contributed by atoms with van der Waals surface area (Å²) in [6.45, 7) is 0. The second-order valence-electron chi connectivity index (χ2n) is 6.24. The van der Waals surface area contributed by atoms with Crippen LogP contribution in [0.25, 0.3) is 10.9 Å². The van der Waals surface area contributed by atoms with Crippen molar-refractivity contribution in [1.82, 2.24) is 4.98 Å². The summed E-state index contributed by atoms with van der Waals surface area (Å²) in [5.41, 5.74) is 1.46. The average molecular weight is 308 g/mol. The Labute approximate surface area is 133 Å². The number of hydrogen-bond donors (Lipinski definition) is 2. The molecule has 1 amide bonds. The number of carboxylic acids is 1. The lowest BCUT2D eigenvalue weighted by Crippen LogP contribution is -2.36. The molecule has 2 aromatic rings. The van der Waals surface area contributed by atoms with Gasteiger partial charge in [0.05, 0.1) is 29.2 Å². The van der Waals surface area contributed by atoms with Gasteiger partial charge in [0.25, 0.3) is 0 Å². The molecular formula is C18H16N2O3. The number of pyridine rings is 1. The van der Waals surface area contributed by atoms with Crippen molar-refractivity contribution >= 4 is 28.5 Å². The summed E-state index contributed by atoms with van der Waals surface area (Å²) in [6, 6.07) is 9.52. The van der Waals surface area contributed by atoms with Gasteiger partial charge in [-0.05, 0) is 30.4 Å². The number of nitrogens with one attached hydrogen (secondary N) is 1. The highest BCUT2D eigenvalue weighted by Gasteiger charge is 2.51. The number of anilines is 1. The Morgan fingerprint density at radius 3 is 2.65 bits per heavy atom. The molecule has 2 aliphatic rings. The van der Waals surface area contributed by atoms with E-state index in [9.17, 15) is 14.7 Å². The second kappa shape index (κ2) is 5.19. The van der Waals surface area contributed by atoms with Crippen molar-refractivity contribution in [3.05, 3.63) is 48.7 Å². The number of fused-ring (bicyclic) bond motifs is 3. The number of allylic oxidation sites excluding steroid dienone is 2. The molecule has 1 saturated carbocycles. The number of hydrogen-bond acceptors (Lipinski definition) is 3. The lowest BCUT2D eigenvalue weighted by Gasteiger charge is -2.23. The molecule has 2 bridgehead atoms. The third-order valence-corrected chi connectivity index (χ3v) is 4.91. The van der Waals surface area contributed by atoms with Crippen molar-refractivity contribution < 1.29 is 14.7 Å². The minimum Gasteiger partial charge on any atom is -0.481 e. The van der Waals surface area contributed by atoms with E-state index < -0.39 is 17.8 Å².